The highest BCUT2D eigenvalue weighted by atomic mass is 35.5. The van der Waals surface area contributed by atoms with Crippen molar-refractivity contribution in [3.63, 3.8) is 0 Å². The lowest BCUT2D eigenvalue weighted by Crippen LogP contribution is -2.23. The van der Waals surface area contributed by atoms with Gasteiger partial charge in [-0.1, -0.05) is 53.5 Å². The smallest absolute Gasteiger partial charge is 0.0595 e. The molecule has 0 saturated heterocycles. The van der Waals surface area contributed by atoms with E-state index in [2.05, 4.69) is 35.6 Å². The van der Waals surface area contributed by atoms with Crippen molar-refractivity contribution in [2.45, 2.75) is 25.2 Å². The van der Waals surface area contributed by atoms with Crippen LogP contribution >= 0.6 is 23.2 Å². The Bertz CT molecular complexity index is 654. The summed E-state index contributed by atoms with van der Waals surface area (Å²) in [4.78, 5) is 0. The van der Waals surface area contributed by atoms with Gasteiger partial charge in [0.1, 0.15) is 0 Å². The molecular formula is C19H21Cl2N. The Labute approximate surface area is 142 Å². The molecule has 1 nitrogen and oxygen atoms in total. The Morgan fingerprint density at radius 3 is 2.68 bits per heavy atom. The summed E-state index contributed by atoms with van der Waals surface area (Å²) >= 11 is 12.3. The normalized spacial score (nSPS) is 20.7. The van der Waals surface area contributed by atoms with Crippen molar-refractivity contribution in [2.75, 3.05) is 13.6 Å². The summed E-state index contributed by atoms with van der Waals surface area (Å²) in [6.45, 7) is 1.07. The van der Waals surface area contributed by atoms with Crippen molar-refractivity contribution in [1.29, 1.82) is 0 Å². The van der Waals surface area contributed by atoms with Gasteiger partial charge in [-0.05, 0) is 67.6 Å². The molecule has 1 aliphatic carbocycles. The van der Waals surface area contributed by atoms with Gasteiger partial charge in [0.05, 0.1) is 10.0 Å². The first kappa shape index (κ1) is 15.9. The highest BCUT2D eigenvalue weighted by molar-refractivity contribution is 6.42. The molecule has 0 heterocycles. The van der Waals surface area contributed by atoms with E-state index in [4.69, 9.17) is 23.2 Å². The molecule has 1 aliphatic rings. The third-order valence-electron chi connectivity index (χ3n) is 4.66. The maximum absolute atomic E-state index is 6.24. The molecule has 0 fully saturated rings. The number of hydrogen-bond acceptors (Lipinski definition) is 1. The molecule has 2 aromatic carbocycles. The van der Waals surface area contributed by atoms with E-state index in [9.17, 15) is 0 Å². The number of nitrogens with one attached hydrogen (secondary N) is 1. The Morgan fingerprint density at radius 1 is 1.09 bits per heavy atom. The zero-order valence-electron chi connectivity index (χ0n) is 12.8. The third kappa shape index (κ3) is 3.32. The average molecular weight is 334 g/mol. The zero-order valence-corrected chi connectivity index (χ0v) is 14.3. The molecule has 0 spiro atoms. The Balaban J connectivity index is 1.95. The van der Waals surface area contributed by atoms with Crippen LogP contribution in [0.3, 0.4) is 0 Å². The molecule has 3 rings (SSSR count). The predicted octanol–water partition coefficient (Wildman–Crippen LogP) is 5.30. The van der Waals surface area contributed by atoms with Crippen LogP contribution in [-0.2, 0) is 6.42 Å². The average Bonchev–Trinajstić information content (AvgIpc) is 2.54. The van der Waals surface area contributed by atoms with E-state index in [1.54, 1.807) is 0 Å². The summed E-state index contributed by atoms with van der Waals surface area (Å²) < 4.78 is 0. The van der Waals surface area contributed by atoms with Gasteiger partial charge in [0.15, 0.2) is 0 Å². The molecule has 0 unspecified atom stereocenters. The van der Waals surface area contributed by atoms with Crippen molar-refractivity contribution in [1.82, 2.24) is 5.32 Å². The second-order valence-electron chi connectivity index (χ2n) is 6.12. The molecule has 0 saturated carbocycles. The monoisotopic (exact) mass is 333 g/mol. The van der Waals surface area contributed by atoms with Gasteiger partial charge in [0.25, 0.3) is 0 Å². The van der Waals surface area contributed by atoms with Crippen LogP contribution < -0.4 is 5.32 Å². The van der Waals surface area contributed by atoms with E-state index in [1.807, 2.05) is 19.2 Å². The fourth-order valence-electron chi connectivity index (χ4n) is 3.53. The van der Waals surface area contributed by atoms with Crippen molar-refractivity contribution in [2.24, 2.45) is 5.92 Å². The van der Waals surface area contributed by atoms with Gasteiger partial charge >= 0.3 is 0 Å². The number of hydrogen-bond donors (Lipinski definition) is 1. The van der Waals surface area contributed by atoms with Crippen LogP contribution in [0.15, 0.2) is 42.5 Å². The lowest BCUT2D eigenvalue weighted by atomic mass is 9.73. The second kappa shape index (κ2) is 7.04. The van der Waals surface area contributed by atoms with E-state index in [1.165, 1.54) is 36.0 Å². The Kier molecular flexibility index (Phi) is 5.07. The second-order valence-corrected chi connectivity index (χ2v) is 6.94. The highest BCUT2D eigenvalue weighted by Gasteiger charge is 2.27. The SMILES string of the molecule is CNCC[C@H]1Cc2ccccc2[C@@H](c2ccc(Cl)c(Cl)c2)C1. The quantitative estimate of drug-likeness (QED) is 0.800. The van der Waals surface area contributed by atoms with Gasteiger partial charge in [-0.15, -0.1) is 0 Å². The van der Waals surface area contributed by atoms with Crippen molar-refractivity contribution in [3.05, 3.63) is 69.2 Å². The van der Waals surface area contributed by atoms with Gasteiger partial charge in [-0.2, -0.15) is 0 Å². The fourth-order valence-corrected chi connectivity index (χ4v) is 3.83. The number of rotatable bonds is 4. The van der Waals surface area contributed by atoms with Crippen LogP contribution in [0, 0.1) is 5.92 Å². The largest absolute Gasteiger partial charge is 0.320 e. The van der Waals surface area contributed by atoms with E-state index in [0.717, 1.165) is 6.54 Å². The van der Waals surface area contributed by atoms with Crippen molar-refractivity contribution < 1.29 is 0 Å². The van der Waals surface area contributed by atoms with Crippen molar-refractivity contribution >= 4 is 23.2 Å². The van der Waals surface area contributed by atoms with E-state index >= 15 is 0 Å². The molecule has 0 aliphatic heterocycles. The lowest BCUT2D eigenvalue weighted by molar-refractivity contribution is 0.397. The lowest BCUT2D eigenvalue weighted by Gasteiger charge is -2.32. The number of halogens is 2. The predicted molar refractivity (Wildman–Crippen MR) is 95.1 cm³/mol. The molecule has 3 heteroatoms. The first-order valence-electron chi connectivity index (χ1n) is 7.86. The fraction of sp³-hybridized carbons (Fsp3) is 0.368. The summed E-state index contributed by atoms with van der Waals surface area (Å²) in [6, 6.07) is 14.9. The summed E-state index contributed by atoms with van der Waals surface area (Å²) in [5.41, 5.74) is 4.20. The minimum atomic E-state index is 0.418. The van der Waals surface area contributed by atoms with Crippen LogP contribution in [0.1, 0.15) is 35.4 Å². The van der Waals surface area contributed by atoms with Gasteiger partial charge in [-0.3, -0.25) is 0 Å². The summed E-state index contributed by atoms with van der Waals surface area (Å²) in [5.74, 6) is 1.13. The van der Waals surface area contributed by atoms with Gasteiger partial charge in [-0.25, -0.2) is 0 Å². The van der Waals surface area contributed by atoms with Gasteiger partial charge in [0.2, 0.25) is 0 Å². The van der Waals surface area contributed by atoms with Crippen LogP contribution in [0.4, 0.5) is 0 Å². The van der Waals surface area contributed by atoms with E-state index in [-0.39, 0.29) is 0 Å². The first-order chi connectivity index (χ1) is 10.7. The van der Waals surface area contributed by atoms with E-state index < -0.39 is 0 Å². The molecular weight excluding hydrogens is 313 g/mol. The standard InChI is InChI=1S/C19H21Cl2N/c1-22-9-8-13-10-14-4-2-3-5-16(14)17(11-13)15-6-7-18(20)19(21)12-15/h2-7,12-13,17,22H,8-11H2,1H3/t13-,17+/m0/s1. The molecule has 2 aromatic rings. The van der Waals surface area contributed by atoms with E-state index in [0.29, 0.717) is 21.9 Å². The summed E-state index contributed by atoms with van der Waals surface area (Å²) in [6.07, 6.45) is 3.56. The van der Waals surface area contributed by atoms with Gasteiger partial charge < -0.3 is 5.32 Å². The Hall–Kier alpha value is -1.02. The Morgan fingerprint density at radius 2 is 1.91 bits per heavy atom. The van der Waals surface area contributed by atoms with Crippen LogP contribution in [0.25, 0.3) is 0 Å². The zero-order chi connectivity index (χ0) is 15.5. The maximum atomic E-state index is 6.24. The summed E-state index contributed by atoms with van der Waals surface area (Å²) in [5, 5.41) is 4.54. The number of benzene rings is 2. The summed E-state index contributed by atoms with van der Waals surface area (Å²) in [7, 11) is 2.02. The minimum absolute atomic E-state index is 0.418. The van der Waals surface area contributed by atoms with Crippen molar-refractivity contribution in [3.8, 4) is 0 Å². The molecule has 22 heavy (non-hydrogen) atoms. The molecule has 0 bridgehead atoms. The van der Waals surface area contributed by atoms with Crippen LogP contribution in [-0.4, -0.2) is 13.6 Å². The molecule has 0 aromatic heterocycles. The highest BCUT2D eigenvalue weighted by Crippen LogP contribution is 2.41. The third-order valence-corrected chi connectivity index (χ3v) is 5.40. The minimum Gasteiger partial charge on any atom is -0.320 e. The van der Waals surface area contributed by atoms with Gasteiger partial charge in [0, 0.05) is 5.92 Å². The first-order valence-corrected chi connectivity index (χ1v) is 8.62. The molecule has 116 valence electrons. The molecule has 2 atom stereocenters. The molecule has 1 N–H and O–H groups in total. The maximum Gasteiger partial charge on any atom is 0.0595 e. The molecule has 0 amide bonds. The molecule has 0 radical (unpaired) electrons. The number of fused-ring (bicyclic) bond motifs is 1. The topological polar surface area (TPSA) is 12.0 Å². The van der Waals surface area contributed by atoms with Crippen LogP contribution in [0.2, 0.25) is 10.0 Å². The van der Waals surface area contributed by atoms with Crippen LogP contribution in [0.5, 0.6) is 0 Å².